The summed E-state index contributed by atoms with van der Waals surface area (Å²) in [5.74, 6) is 1.91. The molecule has 3 aliphatic carbocycles. The van der Waals surface area contributed by atoms with E-state index >= 15 is 0 Å². The van der Waals surface area contributed by atoms with Gasteiger partial charge in [0.2, 0.25) is 0 Å². The van der Waals surface area contributed by atoms with Gasteiger partial charge in [0, 0.05) is 0 Å². The molecule has 3 saturated carbocycles. The number of hydrogen-bond acceptors (Lipinski definition) is 2. The van der Waals surface area contributed by atoms with Crippen molar-refractivity contribution in [1.82, 2.24) is 0 Å². The van der Waals surface area contributed by atoms with Gasteiger partial charge in [0.1, 0.15) is 6.04 Å². The van der Waals surface area contributed by atoms with Crippen LogP contribution in [0.2, 0.25) is 0 Å². The lowest BCUT2D eigenvalue weighted by Gasteiger charge is -2.46. The van der Waals surface area contributed by atoms with Crippen molar-refractivity contribution < 1.29 is 9.90 Å². The van der Waals surface area contributed by atoms with Crippen molar-refractivity contribution in [3.05, 3.63) is 0 Å². The summed E-state index contributed by atoms with van der Waals surface area (Å²) in [7, 11) is 0. The lowest BCUT2D eigenvalue weighted by molar-refractivity contribution is -0.140. The summed E-state index contributed by atoms with van der Waals surface area (Å²) in [6.45, 7) is 0. The van der Waals surface area contributed by atoms with E-state index in [1.165, 1.54) is 38.5 Å². The highest BCUT2D eigenvalue weighted by Gasteiger charge is 2.52. The van der Waals surface area contributed by atoms with Gasteiger partial charge in [-0.15, -0.1) is 0 Å². The van der Waals surface area contributed by atoms with Gasteiger partial charge in [-0.05, 0) is 68.1 Å². The van der Waals surface area contributed by atoms with Crippen molar-refractivity contribution in [2.75, 3.05) is 0 Å². The van der Waals surface area contributed by atoms with Crippen molar-refractivity contribution in [3.8, 4) is 0 Å². The van der Waals surface area contributed by atoms with E-state index in [9.17, 15) is 4.79 Å². The molecule has 90 valence electrons. The first-order chi connectivity index (χ1) is 7.58. The molecule has 3 aliphatic rings. The van der Waals surface area contributed by atoms with Crippen LogP contribution in [0.4, 0.5) is 0 Å². The van der Waals surface area contributed by atoms with Crippen molar-refractivity contribution in [3.63, 3.8) is 0 Å². The van der Waals surface area contributed by atoms with Gasteiger partial charge in [-0.3, -0.25) is 4.79 Å². The summed E-state index contributed by atoms with van der Waals surface area (Å²) < 4.78 is 0. The molecular formula is C13H21NO2. The summed E-state index contributed by atoms with van der Waals surface area (Å²) in [5, 5.41) is 8.96. The van der Waals surface area contributed by atoms with Crippen LogP contribution in [-0.4, -0.2) is 17.1 Å². The zero-order chi connectivity index (χ0) is 11.3. The number of nitrogens with two attached hydrogens (primary N) is 1. The molecule has 16 heavy (non-hydrogen) atoms. The zero-order valence-corrected chi connectivity index (χ0v) is 9.69. The molecule has 5 unspecified atom stereocenters. The summed E-state index contributed by atoms with van der Waals surface area (Å²) in [6, 6.07) is -0.644. The lowest BCUT2D eigenvalue weighted by Crippen LogP contribution is -2.42. The largest absolute Gasteiger partial charge is 0.480 e. The van der Waals surface area contributed by atoms with Gasteiger partial charge >= 0.3 is 5.97 Å². The second-order valence-electron chi connectivity index (χ2n) is 6.45. The third-order valence-electron chi connectivity index (χ3n) is 5.37. The van der Waals surface area contributed by atoms with Crippen LogP contribution in [0.3, 0.4) is 0 Å². The molecular weight excluding hydrogens is 202 g/mol. The summed E-state index contributed by atoms with van der Waals surface area (Å²) >= 11 is 0. The molecule has 3 N–H and O–H groups in total. The summed E-state index contributed by atoms with van der Waals surface area (Å²) in [6.07, 6.45) is 8.60. The molecule has 0 amide bonds. The minimum Gasteiger partial charge on any atom is -0.480 e. The predicted molar refractivity (Wildman–Crippen MR) is 60.8 cm³/mol. The average Bonchev–Trinajstić information content (AvgIpc) is 2.42. The Morgan fingerprint density at radius 1 is 1.38 bits per heavy atom. The quantitative estimate of drug-likeness (QED) is 0.769. The molecule has 0 spiro atoms. The maximum atomic E-state index is 10.9. The summed E-state index contributed by atoms with van der Waals surface area (Å²) in [5.41, 5.74) is 6.03. The second kappa shape index (κ2) is 3.46. The van der Waals surface area contributed by atoms with Crippen LogP contribution in [-0.2, 0) is 4.79 Å². The van der Waals surface area contributed by atoms with Crippen LogP contribution in [0.15, 0.2) is 0 Å². The van der Waals surface area contributed by atoms with E-state index in [1.807, 2.05) is 0 Å². The molecule has 3 fully saturated rings. The Morgan fingerprint density at radius 3 is 2.88 bits per heavy atom. The SMILES string of the molecule is NC(CC12CCC3CC(CC3C1)C2)C(=O)O. The Morgan fingerprint density at radius 2 is 2.12 bits per heavy atom. The van der Waals surface area contributed by atoms with Crippen molar-refractivity contribution in [1.29, 1.82) is 0 Å². The van der Waals surface area contributed by atoms with E-state index in [0.29, 0.717) is 11.8 Å². The predicted octanol–water partition coefficient (Wildman–Crippen LogP) is 2.00. The third kappa shape index (κ3) is 1.56. The molecule has 3 bridgehead atoms. The number of aliphatic carboxylic acids is 1. The first kappa shape index (κ1) is 10.6. The first-order valence-corrected chi connectivity index (χ1v) is 6.56. The molecule has 0 aromatic rings. The fraction of sp³-hybridized carbons (Fsp3) is 0.923. The molecule has 0 heterocycles. The standard InChI is InChI=1S/C13H21NO2/c14-11(12(15)16)7-13-2-1-9-3-8(5-13)4-10(9)6-13/h8-11H,1-7,14H2,(H,15,16). The summed E-state index contributed by atoms with van der Waals surface area (Å²) in [4.78, 5) is 10.9. The van der Waals surface area contributed by atoms with E-state index < -0.39 is 12.0 Å². The van der Waals surface area contributed by atoms with E-state index in [1.54, 1.807) is 0 Å². The maximum Gasteiger partial charge on any atom is 0.320 e. The van der Waals surface area contributed by atoms with Crippen LogP contribution in [0.1, 0.15) is 44.9 Å². The fourth-order valence-electron chi connectivity index (χ4n) is 4.88. The number of carbonyl (C=O) groups is 1. The van der Waals surface area contributed by atoms with Crippen molar-refractivity contribution >= 4 is 5.97 Å². The van der Waals surface area contributed by atoms with Gasteiger partial charge < -0.3 is 10.8 Å². The smallest absolute Gasteiger partial charge is 0.320 e. The Bertz CT molecular complexity index is 313. The van der Waals surface area contributed by atoms with E-state index in [0.717, 1.165) is 17.8 Å². The van der Waals surface area contributed by atoms with Crippen LogP contribution in [0, 0.1) is 23.2 Å². The number of rotatable bonds is 3. The third-order valence-corrected chi connectivity index (χ3v) is 5.37. The molecule has 3 heteroatoms. The van der Waals surface area contributed by atoms with Crippen LogP contribution in [0.5, 0.6) is 0 Å². The Labute approximate surface area is 96.4 Å². The molecule has 0 radical (unpaired) electrons. The number of carboxylic acids is 1. The number of hydrogen-bond donors (Lipinski definition) is 2. The topological polar surface area (TPSA) is 63.3 Å². The molecule has 0 aliphatic heterocycles. The van der Waals surface area contributed by atoms with Gasteiger partial charge in [0.05, 0.1) is 0 Å². The van der Waals surface area contributed by atoms with Gasteiger partial charge in [0.15, 0.2) is 0 Å². The Kier molecular flexibility index (Phi) is 2.29. The van der Waals surface area contributed by atoms with E-state index in [2.05, 4.69) is 0 Å². The fourth-order valence-corrected chi connectivity index (χ4v) is 4.88. The second-order valence-corrected chi connectivity index (χ2v) is 6.45. The average molecular weight is 223 g/mol. The highest BCUT2D eigenvalue weighted by atomic mass is 16.4. The highest BCUT2D eigenvalue weighted by Crippen LogP contribution is 2.62. The number of fused-ring (bicyclic) bond motifs is 2. The molecule has 0 aromatic carbocycles. The molecule has 3 nitrogen and oxygen atoms in total. The Hall–Kier alpha value is -0.570. The molecule has 5 atom stereocenters. The minimum absolute atomic E-state index is 0.290. The van der Waals surface area contributed by atoms with Crippen molar-refractivity contribution in [2.24, 2.45) is 28.9 Å². The van der Waals surface area contributed by atoms with E-state index in [-0.39, 0.29) is 0 Å². The zero-order valence-electron chi connectivity index (χ0n) is 9.69. The lowest BCUT2D eigenvalue weighted by atomic mass is 9.60. The molecule has 3 rings (SSSR count). The normalized spacial score (nSPS) is 46.9. The van der Waals surface area contributed by atoms with Gasteiger partial charge in [-0.2, -0.15) is 0 Å². The molecule has 0 saturated heterocycles. The number of carboxylic acid groups (broad SMARTS) is 1. The van der Waals surface area contributed by atoms with Crippen LogP contribution in [0.25, 0.3) is 0 Å². The first-order valence-electron chi connectivity index (χ1n) is 6.56. The van der Waals surface area contributed by atoms with Gasteiger partial charge in [-0.25, -0.2) is 0 Å². The van der Waals surface area contributed by atoms with Crippen LogP contribution >= 0.6 is 0 Å². The van der Waals surface area contributed by atoms with E-state index in [4.69, 9.17) is 10.8 Å². The molecule has 0 aromatic heterocycles. The minimum atomic E-state index is -0.825. The van der Waals surface area contributed by atoms with Crippen LogP contribution < -0.4 is 5.73 Å². The monoisotopic (exact) mass is 223 g/mol. The Balaban J connectivity index is 1.76. The van der Waals surface area contributed by atoms with Gasteiger partial charge in [0.25, 0.3) is 0 Å². The van der Waals surface area contributed by atoms with Crippen molar-refractivity contribution in [2.45, 2.75) is 51.0 Å². The highest BCUT2D eigenvalue weighted by molar-refractivity contribution is 5.73. The maximum absolute atomic E-state index is 10.9. The van der Waals surface area contributed by atoms with Gasteiger partial charge in [-0.1, -0.05) is 0 Å².